The van der Waals surface area contributed by atoms with E-state index in [1.807, 2.05) is 4.90 Å². The largest absolute Gasteiger partial charge is 0.497 e. The van der Waals surface area contributed by atoms with Crippen molar-refractivity contribution in [2.75, 3.05) is 47.5 Å². The second kappa shape index (κ2) is 7.92. The summed E-state index contributed by atoms with van der Waals surface area (Å²) >= 11 is 0. The minimum Gasteiger partial charge on any atom is -0.497 e. The lowest BCUT2D eigenvalue weighted by Crippen LogP contribution is -2.47. The van der Waals surface area contributed by atoms with Gasteiger partial charge in [0.1, 0.15) is 17.2 Å². The van der Waals surface area contributed by atoms with Gasteiger partial charge in [-0.05, 0) is 6.07 Å². The third-order valence-electron chi connectivity index (χ3n) is 4.07. The number of hydrogen-bond acceptors (Lipinski definition) is 5. The second-order valence-electron chi connectivity index (χ2n) is 6.41. The maximum atomic E-state index is 14.1. The van der Waals surface area contributed by atoms with Crippen LogP contribution in [0.25, 0.3) is 0 Å². The summed E-state index contributed by atoms with van der Waals surface area (Å²) in [5.74, 6) is -0.0606. The molecule has 1 atom stereocenters. The number of rotatable bonds is 5. The molecule has 1 aromatic carbocycles. The molecule has 0 aromatic heterocycles. The third-order valence-corrected chi connectivity index (χ3v) is 4.07. The summed E-state index contributed by atoms with van der Waals surface area (Å²) in [6, 6.07) is 4.71. The van der Waals surface area contributed by atoms with Gasteiger partial charge in [0, 0.05) is 45.4 Å². The molecular weight excluding hydrogens is 315 g/mol. The molecular formula is C17H25FN2O4. The van der Waals surface area contributed by atoms with Crippen LogP contribution in [0.1, 0.15) is 12.0 Å². The Balaban J connectivity index is 2.08. The maximum Gasteiger partial charge on any atom is 0.225 e. The van der Waals surface area contributed by atoms with Crippen molar-refractivity contribution in [2.45, 2.75) is 18.6 Å². The number of methoxy groups -OCH3 is 1. The Morgan fingerprint density at radius 3 is 2.88 bits per heavy atom. The van der Waals surface area contributed by atoms with Gasteiger partial charge in [-0.25, -0.2) is 4.39 Å². The van der Waals surface area contributed by atoms with E-state index in [9.17, 15) is 14.3 Å². The van der Waals surface area contributed by atoms with Crippen molar-refractivity contribution >= 4 is 5.91 Å². The fraction of sp³-hybridized carbons (Fsp3) is 0.588. The minimum atomic E-state index is -1.28. The number of aliphatic hydroxyl groups is 1. The molecule has 24 heavy (non-hydrogen) atoms. The summed E-state index contributed by atoms with van der Waals surface area (Å²) in [4.78, 5) is 15.3. The number of halogens is 1. The number of β-amino-alcohol motifs (C(OH)–C–C–N with tert-alkyl or cyclic N) is 1. The molecule has 1 unspecified atom stereocenters. The van der Waals surface area contributed by atoms with Gasteiger partial charge in [-0.1, -0.05) is 6.07 Å². The fourth-order valence-corrected chi connectivity index (χ4v) is 2.70. The first-order valence-electron chi connectivity index (χ1n) is 7.88. The molecule has 1 fully saturated rings. The van der Waals surface area contributed by atoms with Crippen LogP contribution in [0, 0.1) is 5.82 Å². The van der Waals surface area contributed by atoms with Gasteiger partial charge in [-0.3, -0.25) is 9.69 Å². The first-order chi connectivity index (χ1) is 11.3. The average molecular weight is 340 g/mol. The number of amides is 1. The van der Waals surface area contributed by atoms with Gasteiger partial charge in [0.25, 0.3) is 0 Å². The summed E-state index contributed by atoms with van der Waals surface area (Å²) in [6.45, 7) is 1.66. The van der Waals surface area contributed by atoms with Gasteiger partial charge in [0.15, 0.2) is 0 Å². The Labute approximate surface area is 141 Å². The van der Waals surface area contributed by atoms with E-state index in [0.29, 0.717) is 31.0 Å². The van der Waals surface area contributed by atoms with Crippen LogP contribution in [-0.4, -0.2) is 73.9 Å². The van der Waals surface area contributed by atoms with Crippen LogP contribution in [0.2, 0.25) is 0 Å². The van der Waals surface area contributed by atoms with Crippen LogP contribution >= 0.6 is 0 Å². The van der Waals surface area contributed by atoms with Gasteiger partial charge in [-0.2, -0.15) is 0 Å². The van der Waals surface area contributed by atoms with Crippen LogP contribution in [0.5, 0.6) is 5.75 Å². The molecule has 7 heteroatoms. The molecule has 1 aliphatic heterocycles. The number of benzene rings is 1. The highest BCUT2D eigenvalue weighted by atomic mass is 19.1. The van der Waals surface area contributed by atoms with Crippen LogP contribution in [0.4, 0.5) is 4.39 Å². The molecule has 1 heterocycles. The summed E-state index contributed by atoms with van der Waals surface area (Å²) in [5, 5.41) is 10.7. The molecule has 6 nitrogen and oxygen atoms in total. The zero-order valence-electron chi connectivity index (χ0n) is 14.4. The molecule has 0 spiro atoms. The molecule has 1 N–H and O–H groups in total. The Hall–Kier alpha value is -1.70. The molecule has 0 saturated carbocycles. The van der Waals surface area contributed by atoms with Crippen molar-refractivity contribution in [3.63, 3.8) is 0 Å². The van der Waals surface area contributed by atoms with E-state index in [1.54, 1.807) is 26.2 Å². The summed E-state index contributed by atoms with van der Waals surface area (Å²) < 4.78 is 24.6. The van der Waals surface area contributed by atoms with E-state index in [1.165, 1.54) is 18.1 Å². The zero-order valence-corrected chi connectivity index (χ0v) is 14.4. The normalized spacial score (nSPS) is 22.0. The molecule has 134 valence electrons. The van der Waals surface area contributed by atoms with E-state index in [0.717, 1.165) is 0 Å². The van der Waals surface area contributed by atoms with Gasteiger partial charge in [-0.15, -0.1) is 0 Å². The van der Waals surface area contributed by atoms with Crippen LogP contribution < -0.4 is 4.74 Å². The molecule has 1 amide bonds. The van der Waals surface area contributed by atoms with Crippen molar-refractivity contribution in [1.82, 2.24) is 9.80 Å². The number of carbonyl (C=O) groups is 1. The van der Waals surface area contributed by atoms with Crippen molar-refractivity contribution < 1.29 is 23.8 Å². The van der Waals surface area contributed by atoms with Gasteiger partial charge >= 0.3 is 0 Å². The Morgan fingerprint density at radius 1 is 1.50 bits per heavy atom. The second-order valence-corrected chi connectivity index (χ2v) is 6.41. The molecule has 2 rings (SSSR count). The lowest BCUT2D eigenvalue weighted by atomic mass is 9.99. The Kier molecular flexibility index (Phi) is 6.15. The Morgan fingerprint density at radius 2 is 2.25 bits per heavy atom. The fourth-order valence-electron chi connectivity index (χ4n) is 2.70. The number of hydrogen-bond donors (Lipinski definition) is 1. The quantitative estimate of drug-likeness (QED) is 0.862. The van der Waals surface area contributed by atoms with Crippen LogP contribution in [0.3, 0.4) is 0 Å². The standard InChI is InChI=1S/C17H25FN2O4/c1-19(2)16(21)9-17(22)11-20(6-7-24-12-17)10-13-4-5-14(23-3)8-15(13)18/h4-5,8,22H,6-7,9-12H2,1-3H3. The summed E-state index contributed by atoms with van der Waals surface area (Å²) in [7, 11) is 4.78. The van der Waals surface area contributed by atoms with E-state index in [2.05, 4.69) is 0 Å². The SMILES string of the molecule is COc1ccc(CN2CCOCC(O)(CC(=O)N(C)C)C2)c(F)c1. The minimum absolute atomic E-state index is 0.0262. The molecule has 1 aliphatic rings. The zero-order chi connectivity index (χ0) is 17.7. The first-order valence-corrected chi connectivity index (χ1v) is 7.88. The Bertz CT molecular complexity index is 582. The molecule has 0 aliphatic carbocycles. The average Bonchev–Trinajstić information content (AvgIpc) is 2.70. The highest BCUT2D eigenvalue weighted by molar-refractivity contribution is 5.76. The predicted molar refractivity (Wildman–Crippen MR) is 87.3 cm³/mol. The summed E-state index contributed by atoms with van der Waals surface area (Å²) in [6.07, 6.45) is -0.0262. The highest BCUT2D eigenvalue weighted by Crippen LogP contribution is 2.22. The molecule has 0 bridgehead atoms. The van der Waals surface area contributed by atoms with Crippen LogP contribution in [-0.2, 0) is 16.1 Å². The number of nitrogens with zero attached hydrogens (tertiary/aromatic N) is 2. The van der Waals surface area contributed by atoms with Gasteiger partial charge in [0.2, 0.25) is 5.91 Å². The lowest BCUT2D eigenvalue weighted by Gasteiger charge is -2.31. The number of carbonyl (C=O) groups excluding carboxylic acids is 1. The van der Waals surface area contributed by atoms with Gasteiger partial charge < -0.3 is 19.5 Å². The van der Waals surface area contributed by atoms with E-state index in [-0.39, 0.29) is 31.3 Å². The van der Waals surface area contributed by atoms with Crippen molar-refractivity contribution in [2.24, 2.45) is 0 Å². The van der Waals surface area contributed by atoms with E-state index < -0.39 is 5.60 Å². The van der Waals surface area contributed by atoms with E-state index >= 15 is 0 Å². The lowest BCUT2D eigenvalue weighted by molar-refractivity contribution is -0.136. The maximum absolute atomic E-state index is 14.1. The molecule has 1 aromatic rings. The third kappa shape index (κ3) is 4.90. The predicted octanol–water partition coefficient (Wildman–Crippen LogP) is 0.876. The van der Waals surface area contributed by atoms with Crippen molar-refractivity contribution in [3.05, 3.63) is 29.6 Å². The topological polar surface area (TPSA) is 62.2 Å². The van der Waals surface area contributed by atoms with Gasteiger partial charge in [0.05, 0.1) is 26.7 Å². The highest BCUT2D eigenvalue weighted by Gasteiger charge is 2.35. The monoisotopic (exact) mass is 340 g/mol. The van der Waals surface area contributed by atoms with Crippen molar-refractivity contribution in [3.8, 4) is 5.75 Å². The number of ether oxygens (including phenoxy) is 2. The van der Waals surface area contributed by atoms with E-state index in [4.69, 9.17) is 9.47 Å². The molecule has 0 radical (unpaired) electrons. The van der Waals surface area contributed by atoms with Crippen molar-refractivity contribution in [1.29, 1.82) is 0 Å². The van der Waals surface area contributed by atoms with Crippen LogP contribution in [0.15, 0.2) is 18.2 Å². The first kappa shape index (κ1) is 18.6. The molecule has 1 saturated heterocycles. The summed E-state index contributed by atoms with van der Waals surface area (Å²) in [5.41, 5.74) is -0.764. The smallest absolute Gasteiger partial charge is 0.225 e.